The van der Waals surface area contributed by atoms with Gasteiger partial charge in [0.15, 0.2) is 0 Å². The zero-order chi connectivity index (χ0) is 21.8. The van der Waals surface area contributed by atoms with Crippen molar-refractivity contribution in [2.45, 2.75) is 44.4 Å². The summed E-state index contributed by atoms with van der Waals surface area (Å²) >= 11 is 0. The first-order valence-electron chi connectivity index (χ1n) is 10.2. The number of alkyl halides is 3. The molecule has 1 saturated carbocycles. The van der Waals surface area contributed by atoms with Crippen molar-refractivity contribution >= 4 is 5.82 Å². The zero-order valence-electron chi connectivity index (χ0n) is 16.8. The second-order valence-electron chi connectivity index (χ2n) is 8.25. The topological polar surface area (TPSA) is 68.6 Å². The monoisotopic (exact) mass is 423 g/mol. The molecule has 0 amide bonds. The molecule has 5 rings (SSSR count). The molecule has 2 aromatic heterocycles. The summed E-state index contributed by atoms with van der Waals surface area (Å²) in [6.45, 7) is 1.53. The quantitative estimate of drug-likeness (QED) is 0.612. The summed E-state index contributed by atoms with van der Waals surface area (Å²) in [5.74, 6) is 1.07. The number of nitrogens with zero attached hydrogens (tertiary/aromatic N) is 4. The van der Waals surface area contributed by atoms with Gasteiger partial charge in [-0.1, -0.05) is 30.3 Å². The van der Waals surface area contributed by atoms with Crippen LogP contribution in [0.25, 0.3) is 11.3 Å². The van der Waals surface area contributed by atoms with Crippen molar-refractivity contribution in [3.63, 3.8) is 0 Å². The molecule has 8 heteroatoms. The Morgan fingerprint density at radius 3 is 2.68 bits per heavy atom. The lowest BCUT2D eigenvalue weighted by Crippen LogP contribution is -2.37. The molecule has 0 radical (unpaired) electrons. The van der Waals surface area contributed by atoms with Gasteiger partial charge in [-0.2, -0.15) is 18.4 Å². The molecule has 1 aliphatic carbocycles. The second kappa shape index (κ2) is 7.12. The van der Waals surface area contributed by atoms with Crippen molar-refractivity contribution in [2.75, 3.05) is 4.90 Å². The third kappa shape index (κ3) is 3.25. The number of pyridine rings is 1. The van der Waals surface area contributed by atoms with Crippen LogP contribution < -0.4 is 4.90 Å². The van der Waals surface area contributed by atoms with Crippen molar-refractivity contribution < 1.29 is 13.2 Å². The van der Waals surface area contributed by atoms with E-state index in [0.29, 0.717) is 5.82 Å². The van der Waals surface area contributed by atoms with Gasteiger partial charge in [-0.25, -0.2) is 9.97 Å². The van der Waals surface area contributed by atoms with E-state index in [1.165, 1.54) is 6.92 Å². The minimum atomic E-state index is -4.62. The van der Waals surface area contributed by atoms with E-state index in [0.717, 1.165) is 36.6 Å². The fourth-order valence-electron chi connectivity index (χ4n) is 5.07. The maximum Gasteiger partial charge on any atom is 0.417 e. The van der Waals surface area contributed by atoms with Gasteiger partial charge in [-0.3, -0.25) is 0 Å². The molecule has 3 atom stereocenters. The van der Waals surface area contributed by atoms with E-state index in [1.54, 1.807) is 12.3 Å². The summed E-state index contributed by atoms with van der Waals surface area (Å²) in [5, 5.41) is 9.65. The number of piperidine rings is 1. The van der Waals surface area contributed by atoms with Crippen LogP contribution in [0.2, 0.25) is 0 Å². The Morgan fingerprint density at radius 1 is 1.19 bits per heavy atom. The summed E-state index contributed by atoms with van der Waals surface area (Å²) in [5.41, 5.74) is 0.745. The summed E-state index contributed by atoms with van der Waals surface area (Å²) in [6, 6.07) is 12.3. The molecular formula is C23H20F3N5. The lowest BCUT2D eigenvalue weighted by molar-refractivity contribution is -0.137. The third-order valence-corrected chi connectivity index (χ3v) is 6.34. The molecular weight excluding hydrogens is 403 g/mol. The first-order chi connectivity index (χ1) is 14.9. The van der Waals surface area contributed by atoms with Crippen LogP contribution in [-0.2, 0) is 6.18 Å². The van der Waals surface area contributed by atoms with E-state index < -0.39 is 17.3 Å². The average molecular weight is 423 g/mol. The van der Waals surface area contributed by atoms with Crippen molar-refractivity contribution in [1.29, 1.82) is 5.26 Å². The normalized spacial score (nSPS) is 22.7. The Balaban J connectivity index is 1.61. The van der Waals surface area contributed by atoms with Gasteiger partial charge >= 0.3 is 6.18 Å². The van der Waals surface area contributed by atoms with Gasteiger partial charge in [0.1, 0.15) is 23.3 Å². The maximum atomic E-state index is 13.7. The minimum absolute atomic E-state index is 0.0442. The molecule has 158 valence electrons. The molecule has 2 fully saturated rings. The molecule has 1 aliphatic heterocycles. The van der Waals surface area contributed by atoms with Crippen molar-refractivity contribution in [3.05, 3.63) is 65.2 Å². The van der Waals surface area contributed by atoms with Crippen molar-refractivity contribution in [2.24, 2.45) is 5.92 Å². The van der Waals surface area contributed by atoms with E-state index >= 15 is 0 Å². The molecule has 1 saturated heterocycles. The average Bonchev–Trinajstić information content (AvgIpc) is 3.48. The van der Waals surface area contributed by atoms with Gasteiger partial charge in [-0.05, 0) is 43.7 Å². The van der Waals surface area contributed by atoms with Crippen LogP contribution in [-0.4, -0.2) is 21.0 Å². The number of hydrogen-bond donors (Lipinski definition) is 1. The number of aromatic nitrogens is 3. The van der Waals surface area contributed by atoms with Crippen molar-refractivity contribution in [1.82, 2.24) is 15.0 Å². The van der Waals surface area contributed by atoms with Gasteiger partial charge in [0.2, 0.25) is 0 Å². The van der Waals surface area contributed by atoms with E-state index in [2.05, 4.69) is 15.0 Å². The Hall–Kier alpha value is -3.34. The Bertz CT molecular complexity index is 1160. The molecule has 2 aliphatic rings. The number of nitrogens with one attached hydrogen (secondary N) is 1. The van der Waals surface area contributed by atoms with E-state index in [1.807, 2.05) is 35.2 Å². The van der Waals surface area contributed by atoms with E-state index in [9.17, 15) is 18.4 Å². The predicted octanol–water partition coefficient (Wildman–Crippen LogP) is 5.40. The lowest BCUT2D eigenvalue weighted by atomic mass is 9.97. The predicted molar refractivity (Wildman–Crippen MR) is 109 cm³/mol. The highest BCUT2D eigenvalue weighted by Gasteiger charge is 2.50. The Kier molecular flexibility index (Phi) is 4.50. The summed E-state index contributed by atoms with van der Waals surface area (Å²) in [7, 11) is 0. The number of rotatable bonds is 3. The summed E-state index contributed by atoms with van der Waals surface area (Å²) < 4.78 is 41.0. The molecule has 1 N–H and O–H groups in total. The number of aryl methyl sites for hydroxylation is 1. The summed E-state index contributed by atoms with van der Waals surface area (Å²) in [6.07, 6.45) is -0.159. The number of anilines is 1. The zero-order valence-corrected chi connectivity index (χ0v) is 16.8. The molecule has 0 unspecified atom stereocenters. The van der Waals surface area contributed by atoms with Gasteiger partial charge in [0.05, 0.1) is 23.5 Å². The molecule has 0 spiro atoms. The van der Waals surface area contributed by atoms with E-state index in [-0.39, 0.29) is 29.5 Å². The SMILES string of the molecule is Cc1cc(C(F)(F)F)c(C#N)c(N2[C@@H]3CC[C@@H](C3)[C@H]2c2ncc(-c3ccccc3)[nH]2)n1. The number of nitriles is 1. The number of halogens is 3. The van der Waals surface area contributed by atoms with Crippen LogP contribution in [0.15, 0.2) is 42.6 Å². The maximum absolute atomic E-state index is 13.7. The van der Waals surface area contributed by atoms with Crippen LogP contribution in [0.4, 0.5) is 19.0 Å². The fourth-order valence-corrected chi connectivity index (χ4v) is 5.07. The van der Waals surface area contributed by atoms with E-state index in [4.69, 9.17) is 0 Å². The van der Waals surface area contributed by atoms with Gasteiger partial charge in [-0.15, -0.1) is 0 Å². The molecule has 1 aromatic carbocycles. The minimum Gasteiger partial charge on any atom is -0.342 e. The molecule has 5 nitrogen and oxygen atoms in total. The summed E-state index contributed by atoms with van der Waals surface area (Å²) in [4.78, 5) is 14.3. The van der Waals surface area contributed by atoms with Gasteiger partial charge < -0.3 is 9.88 Å². The lowest BCUT2D eigenvalue weighted by Gasteiger charge is -2.36. The molecule has 3 heterocycles. The largest absolute Gasteiger partial charge is 0.417 e. The van der Waals surface area contributed by atoms with Crippen LogP contribution >= 0.6 is 0 Å². The fraction of sp³-hybridized carbons (Fsp3) is 0.348. The highest BCUT2D eigenvalue weighted by molar-refractivity contribution is 5.63. The van der Waals surface area contributed by atoms with Gasteiger partial charge in [0, 0.05) is 11.7 Å². The van der Waals surface area contributed by atoms with Crippen molar-refractivity contribution in [3.8, 4) is 17.3 Å². The second-order valence-corrected chi connectivity index (χ2v) is 8.25. The Labute approximate surface area is 177 Å². The number of H-pyrrole nitrogens is 1. The van der Waals surface area contributed by atoms with Crippen LogP contribution in [0.1, 0.15) is 47.9 Å². The molecule has 3 aromatic rings. The smallest absolute Gasteiger partial charge is 0.342 e. The van der Waals surface area contributed by atoms with Crippen LogP contribution in [0, 0.1) is 24.2 Å². The number of hydrogen-bond acceptors (Lipinski definition) is 4. The highest BCUT2D eigenvalue weighted by atomic mass is 19.4. The van der Waals surface area contributed by atoms with Crippen LogP contribution in [0.3, 0.4) is 0 Å². The number of fused-ring (bicyclic) bond motifs is 2. The number of aromatic amines is 1. The first kappa shape index (κ1) is 19.6. The van der Waals surface area contributed by atoms with Crippen LogP contribution in [0.5, 0.6) is 0 Å². The third-order valence-electron chi connectivity index (χ3n) is 6.34. The number of imidazole rings is 1. The standard InChI is InChI=1S/C23H20F3N5/c1-13-9-18(23(24,25)26)17(11-27)22(29-13)31-16-8-7-15(10-16)20(31)21-28-12-19(30-21)14-5-3-2-4-6-14/h2-6,9,12,15-16,20H,7-8,10H2,1H3,(H,28,30)/t15-,16+,20-/m0/s1. The molecule has 2 bridgehead atoms. The number of benzene rings is 1. The molecule has 31 heavy (non-hydrogen) atoms. The van der Waals surface area contributed by atoms with Gasteiger partial charge in [0.25, 0.3) is 0 Å². The highest BCUT2D eigenvalue weighted by Crippen LogP contribution is 2.52. The first-order valence-corrected chi connectivity index (χ1v) is 10.2. The Morgan fingerprint density at radius 2 is 1.97 bits per heavy atom.